The second kappa shape index (κ2) is 10.6. The van der Waals surface area contributed by atoms with Crippen molar-refractivity contribution in [1.82, 2.24) is 15.2 Å². The molecule has 1 aliphatic heterocycles. The first kappa shape index (κ1) is 24.2. The number of aryl methyl sites for hydroxylation is 1. The van der Waals surface area contributed by atoms with Crippen LogP contribution < -0.4 is 5.43 Å². The molecule has 0 unspecified atom stereocenters. The van der Waals surface area contributed by atoms with Crippen LogP contribution in [-0.2, 0) is 9.59 Å². The largest absolute Gasteiger partial charge is 0.481 e. The zero-order valence-corrected chi connectivity index (χ0v) is 20.7. The molecule has 7 heteroatoms. The van der Waals surface area contributed by atoms with Gasteiger partial charge in [0, 0.05) is 29.3 Å². The summed E-state index contributed by atoms with van der Waals surface area (Å²) in [6.07, 6.45) is 3.02. The summed E-state index contributed by atoms with van der Waals surface area (Å²) in [7, 11) is 0. The van der Waals surface area contributed by atoms with E-state index in [0.717, 1.165) is 39.3 Å². The van der Waals surface area contributed by atoms with Crippen LogP contribution in [0.5, 0.6) is 0 Å². The lowest BCUT2D eigenvalue weighted by molar-refractivity contribution is -0.506. The highest BCUT2D eigenvalue weighted by Gasteiger charge is 2.39. The van der Waals surface area contributed by atoms with E-state index >= 15 is 0 Å². The van der Waals surface area contributed by atoms with Crippen LogP contribution in [0.25, 0.3) is 16.9 Å². The van der Waals surface area contributed by atoms with Crippen LogP contribution in [-0.4, -0.2) is 37.2 Å². The Hall–Kier alpha value is -4.52. The second-order valence-electron chi connectivity index (χ2n) is 9.26. The first-order chi connectivity index (χ1) is 18.0. The zero-order valence-electron chi connectivity index (χ0n) is 20.7. The summed E-state index contributed by atoms with van der Waals surface area (Å²) < 4.78 is 3.50. The van der Waals surface area contributed by atoms with Crippen molar-refractivity contribution < 1.29 is 19.4 Å². The van der Waals surface area contributed by atoms with Crippen molar-refractivity contribution in [2.45, 2.75) is 38.6 Å². The third-order valence-electron chi connectivity index (χ3n) is 6.52. The van der Waals surface area contributed by atoms with E-state index in [2.05, 4.69) is 11.5 Å². The minimum Gasteiger partial charge on any atom is -0.481 e. The van der Waals surface area contributed by atoms with Crippen molar-refractivity contribution in [2.75, 3.05) is 0 Å². The molecule has 4 aromatic rings. The van der Waals surface area contributed by atoms with Crippen LogP contribution in [0.15, 0.2) is 91.1 Å². The van der Waals surface area contributed by atoms with Gasteiger partial charge in [0.2, 0.25) is 5.71 Å². The van der Waals surface area contributed by atoms with Crippen LogP contribution in [0.3, 0.4) is 0 Å². The summed E-state index contributed by atoms with van der Waals surface area (Å²) >= 11 is 0. The van der Waals surface area contributed by atoms with E-state index in [4.69, 9.17) is 10.2 Å². The van der Waals surface area contributed by atoms with Crippen molar-refractivity contribution >= 4 is 17.6 Å². The number of nitrogens with one attached hydrogen (secondary N) is 1. The number of hydrazine groups is 1. The van der Waals surface area contributed by atoms with Crippen molar-refractivity contribution in [3.8, 4) is 16.9 Å². The maximum atomic E-state index is 13.3. The minimum absolute atomic E-state index is 0.0369. The molecule has 5 rings (SSSR count). The molecule has 0 fully saturated rings. The molecule has 37 heavy (non-hydrogen) atoms. The van der Waals surface area contributed by atoms with E-state index in [1.807, 2.05) is 96.7 Å². The number of benzene rings is 3. The molecule has 0 spiro atoms. The number of carbonyl (C=O) groups is 2. The number of hydrogen-bond donors (Lipinski definition) is 2. The predicted molar refractivity (Wildman–Crippen MR) is 142 cm³/mol. The van der Waals surface area contributed by atoms with Gasteiger partial charge in [-0.2, -0.15) is 10.5 Å². The highest BCUT2D eigenvalue weighted by molar-refractivity contribution is 6.00. The predicted octanol–water partition coefficient (Wildman–Crippen LogP) is 5.08. The van der Waals surface area contributed by atoms with E-state index in [1.165, 1.54) is 0 Å². The van der Waals surface area contributed by atoms with Gasteiger partial charge >= 0.3 is 11.9 Å². The SMILES string of the molecule is Cc1cccc(C2=[N+](C(=O)CCCC(=O)O)N[C@H](c3cn(-c4ccccc4)nc3-c3ccccc3)C2)c1. The van der Waals surface area contributed by atoms with E-state index in [-0.39, 0.29) is 24.8 Å². The van der Waals surface area contributed by atoms with Gasteiger partial charge in [-0.25, -0.2) is 9.48 Å². The average Bonchev–Trinajstić information content (AvgIpc) is 3.55. The van der Waals surface area contributed by atoms with Crippen LogP contribution in [0.4, 0.5) is 0 Å². The molecule has 0 saturated heterocycles. The summed E-state index contributed by atoms with van der Waals surface area (Å²) in [4.78, 5) is 24.3. The van der Waals surface area contributed by atoms with Gasteiger partial charge in [0.15, 0.2) is 0 Å². The number of para-hydroxylation sites is 1. The van der Waals surface area contributed by atoms with Crippen LogP contribution >= 0.6 is 0 Å². The maximum Gasteiger partial charge on any atom is 0.414 e. The molecular weight excluding hydrogens is 464 g/mol. The molecule has 0 aliphatic carbocycles. The lowest BCUT2D eigenvalue weighted by Crippen LogP contribution is -2.34. The molecule has 2 heterocycles. The van der Waals surface area contributed by atoms with Crippen molar-refractivity contribution in [2.24, 2.45) is 0 Å². The second-order valence-corrected chi connectivity index (χ2v) is 9.26. The monoisotopic (exact) mass is 493 g/mol. The number of carbonyl (C=O) groups excluding carboxylic acids is 1. The zero-order chi connectivity index (χ0) is 25.8. The number of amides is 1. The molecule has 186 valence electrons. The van der Waals surface area contributed by atoms with Crippen molar-refractivity contribution in [3.05, 3.63) is 108 Å². The fourth-order valence-electron chi connectivity index (χ4n) is 4.72. The van der Waals surface area contributed by atoms with Crippen molar-refractivity contribution in [1.29, 1.82) is 0 Å². The summed E-state index contributed by atoms with van der Waals surface area (Å²) in [5.74, 6) is -1.04. The van der Waals surface area contributed by atoms with Gasteiger partial charge in [-0.15, -0.1) is 0 Å². The average molecular weight is 494 g/mol. The fraction of sp³-hybridized carbons (Fsp3) is 0.200. The Bertz CT molecular complexity index is 1460. The van der Waals surface area contributed by atoms with Crippen LogP contribution in [0.1, 0.15) is 48.4 Å². The highest BCUT2D eigenvalue weighted by atomic mass is 16.4. The third kappa shape index (κ3) is 5.35. The topological polar surface area (TPSA) is 87.2 Å². The Morgan fingerprint density at radius 3 is 2.38 bits per heavy atom. The molecule has 1 aliphatic rings. The van der Waals surface area contributed by atoms with Gasteiger partial charge in [-0.3, -0.25) is 4.79 Å². The lowest BCUT2D eigenvalue weighted by Gasteiger charge is -2.08. The maximum absolute atomic E-state index is 13.3. The molecule has 0 radical (unpaired) electrons. The van der Waals surface area contributed by atoms with Gasteiger partial charge in [-0.1, -0.05) is 66.2 Å². The first-order valence-corrected chi connectivity index (χ1v) is 12.4. The fourth-order valence-corrected chi connectivity index (χ4v) is 4.72. The normalized spacial score (nSPS) is 15.0. The molecule has 0 bridgehead atoms. The number of nitrogens with zero attached hydrogens (tertiary/aromatic N) is 3. The summed E-state index contributed by atoms with van der Waals surface area (Å²) in [5, 5.41) is 14.0. The molecule has 1 aromatic heterocycles. The van der Waals surface area contributed by atoms with Gasteiger partial charge in [-0.05, 0) is 42.3 Å². The number of hydrazone groups is 1. The highest BCUT2D eigenvalue weighted by Crippen LogP contribution is 2.33. The first-order valence-electron chi connectivity index (χ1n) is 12.4. The lowest BCUT2D eigenvalue weighted by atomic mass is 9.96. The van der Waals surface area contributed by atoms with E-state index in [1.54, 1.807) is 4.68 Å². The Morgan fingerprint density at radius 1 is 0.973 bits per heavy atom. The molecular formula is C30H29N4O3+. The molecule has 0 saturated carbocycles. The summed E-state index contributed by atoms with van der Waals surface area (Å²) in [6, 6.07) is 27.9. The Labute approximate surface area is 215 Å². The molecule has 3 aromatic carbocycles. The smallest absolute Gasteiger partial charge is 0.414 e. The minimum atomic E-state index is -0.899. The quantitative estimate of drug-likeness (QED) is 0.334. The van der Waals surface area contributed by atoms with Crippen LogP contribution in [0.2, 0.25) is 0 Å². The van der Waals surface area contributed by atoms with E-state index in [9.17, 15) is 9.59 Å². The van der Waals surface area contributed by atoms with Gasteiger partial charge in [0.05, 0.1) is 24.2 Å². The standard InChI is InChI=1S/C30H28N4O3/c1-21-10-8-13-23(18-21)27-19-26(31-34(27)28(35)16-9-17-29(36)37)25-20-33(24-14-6-3-7-15-24)32-30(25)22-11-4-2-5-12-22/h2-8,10-15,18,20,26,31H,9,16-17,19H2,1H3/p+1/t26-/m0/s1. The molecule has 7 nitrogen and oxygen atoms in total. The third-order valence-corrected chi connectivity index (χ3v) is 6.52. The Morgan fingerprint density at radius 2 is 1.68 bits per heavy atom. The number of aliphatic carboxylic acids is 1. The van der Waals surface area contributed by atoms with Crippen LogP contribution in [0, 0.1) is 6.92 Å². The van der Waals surface area contributed by atoms with E-state index in [0.29, 0.717) is 12.8 Å². The Kier molecular flexibility index (Phi) is 6.94. The van der Waals surface area contributed by atoms with Gasteiger partial charge in [0.25, 0.3) is 0 Å². The molecule has 1 atom stereocenters. The number of carboxylic acids is 1. The number of carboxylic acid groups (broad SMARTS) is 1. The van der Waals surface area contributed by atoms with E-state index < -0.39 is 5.97 Å². The number of rotatable bonds is 8. The Balaban J connectivity index is 1.54. The molecule has 2 N–H and O–H groups in total. The summed E-state index contributed by atoms with van der Waals surface area (Å²) in [6.45, 7) is 2.03. The van der Waals surface area contributed by atoms with Gasteiger partial charge < -0.3 is 5.11 Å². The van der Waals surface area contributed by atoms with Crippen molar-refractivity contribution in [3.63, 3.8) is 0 Å². The number of hydrogen-bond acceptors (Lipinski definition) is 4. The summed E-state index contributed by atoms with van der Waals surface area (Å²) in [5.41, 5.74) is 10.2. The molecule has 1 amide bonds. The van der Waals surface area contributed by atoms with Gasteiger partial charge in [0.1, 0.15) is 6.04 Å². The number of aromatic nitrogens is 2.